The molecule has 8 heteroatoms. The van der Waals surface area contributed by atoms with Gasteiger partial charge in [0.15, 0.2) is 5.76 Å². The number of halogens is 1. The molecule has 1 atom stereocenters. The quantitative estimate of drug-likeness (QED) is 0.654. The van der Waals surface area contributed by atoms with Crippen molar-refractivity contribution in [1.29, 1.82) is 0 Å². The van der Waals surface area contributed by atoms with Crippen LogP contribution < -0.4 is 4.74 Å². The molecule has 3 heterocycles. The van der Waals surface area contributed by atoms with Gasteiger partial charge < -0.3 is 9.15 Å². The van der Waals surface area contributed by atoms with Gasteiger partial charge in [0.1, 0.15) is 16.2 Å². The summed E-state index contributed by atoms with van der Waals surface area (Å²) in [4.78, 5) is 17.4. The number of ether oxygens (including phenoxy) is 1. The predicted octanol–water partition coefficient (Wildman–Crippen LogP) is 4.38. The molecule has 1 amide bonds. The normalized spacial score (nSPS) is 16.2. The molecule has 1 unspecified atom stereocenters. The van der Waals surface area contributed by atoms with E-state index in [0.717, 1.165) is 5.56 Å². The molecule has 28 heavy (non-hydrogen) atoms. The largest absolute Gasteiger partial charge is 0.481 e. The molecule has 0 N–H and O–H groups in total. The number of aryl methyl sites for hydroxylation is 1. The molecule has 1 aromatic carbocycles. The Bertz CT molecular complexity index is 1050. The molecule has 0 spiro atoms. The third-order valence-corrected chi connectivity index (χ3v) is 5.48. The van der Waals surface area contributed by atoms with Crippen molar-refractivity contribution in [2.75, 3.05) is 7.11 Å². The van der Waals surface area contributed by atoms with Crippen molar-refractivity contribution in [3.8, 4) is 5.88 Å². The number of amides is 1. The highest BCUT2D eigenvalue weighted by molar-refractivity contribution is 8.14. The zero-order valence-electron chi connectivity index (χ0n) is 15.1. The lowest BCUT2D eigenvalue weighted by atomic mass is 10.2. The minimum Gasteiger partial charge on any atom is -0.481 e. The second-order valence-corrected chi connectivity index (χ2v) is 7.14. The standard InChI is InChI=1S/C20H16FN3O3S/c1-12-9-11-27-16(12)19(25)24-20(15-4-3-10-22-17(15)26-2)28-18(23-24)13-5-7-14(21)8-6-13/h3-11,20H,1-2H3. The summed E-state index contributed by atoms with van der Waals surface area (Å²) in [6.45, 7) is 1.80. The number of furan rings is 1. The van der Waals surface area contributed by atoms with Crippen molar-refractivity contribution < 1.29 is 18.3 Å². The van der Waals surface area contributed by atoms with Crippen LogP contribution in [0.15, 0.2) is 64.4 Å². The van der Waals surface area contributed by atoms with E-state index in [1.54, 1.807) is 37.4 Å². The van der Waals surface area contributed by atoms with Gasteiger partial charge in [-0.05, 0) is 49.4 Å². The van der Waals surface area contributed by atoms with E-state index in [2.05, 4.69) is 10.1 Å². The molecule has 4 rings (SSSR count). The first kappa shape index (κ1) is 18.2. The lowest BCUT2D eigenvalue weighted by Gasteiger charge is -2.21. The van der Waals surface area contributed by atoms with Gasteiger partial charge in [-0.2, -0.15) is 5.10 Å². The molecule has 142 valence electrons. The third-order valence-electron chi connectivity index (χ3n) is 4.26. The van der Waals surface area contributed by atoms with Crippen LogP contribution in [0.1, 0.15) is 32.6 Å². The average Bonchev–Trinajstić information content (AvgIpc) is 3.34. The summed E-state index contributed by atoms with van der Waals surface area (Å²) in [6, 6.07) is 11.3. The van der Waals surface area contributed by atoms with E-state index < -0.39 is 5.37 Å². The molecule has 0 aliphatic carbocycles. The molecule has 3 aromatic rings. The second-order valence-electron chi connectivity index (χ2n) is 6.07. The van der Waals surface area contributed by atoms with Gasteiger partial charge in [0.25, 0.3) is 0 Å². The molecule has 0 saturated heterocycles. The van der Waals surface area contributed by atoms with E-state index >= 15 is 0 Å². The molecule has 0 bridgehead atoms. The van der Waals surface area contributed by atoms with Crippen LogP contribution in [0.2, 0.25) is 0 Å². The Balaban J connectivity index is 1.77. The Morgan fingerprint density at radius 3 is 2.71 bits per heavy atom. The smallest absolute Gasteiger partial charge is 0.311 e. The molecule has 1 aliphatic heterocycles. The van der Waals surface area contributed by atoms with Crippen LogP contribution in [-0.4, -0.2) is 28.1 Å². The second kappa shape index (κ2) is 7.47. The van der Waals surface area contributed by atoms with Gasteiger partial charge in [0.05, 0.1) is 13.4 Å². The minimum atomic E-state index is -0.499. The molecular formula is C20H16FN3O3S. The zero-order valence-corrected chi connectivity index (χ0v) is 15.9. The molecule has 0 fully saturated rings. The van der Waals surface area contributed by atoms with E-state index in [9.17, 15) is 9.18 Å². The Labute approximate surface area is 165 Å². The van der Waals surface area contributed by atoms with E-state index in [1.807, 2.05) is 6.07 Å². The van der Waals surface area contributed by atoms with Gasteiger partial charge in [0.2, 0.25) is 5.88 Å². The first-order chi connectivity index (χ1) is 13.6. The van der Waals surface area contributed by atoms with Gasteiger partial charge in [-0.1, -0.05) is 11.8 Å². The highest BCUT2D eigenvalue weighted by Gasteiger charge is 2.38. The SMILES string of the molecule is COc1ncccc1C1SC(c2ccc(F)cc2)=NN1C(=O)c1occc1C. The van der Waals surface area contributed by atoms with Crippen LogP contribution in [0.3, 0.4) is 0 Å². The maximum absolute atomic E-state index is 13.3. The number of hydrogen-bond acceptors (Lipinski definition) is 6. The predicted molar refractivity (Wildman–Crippen MR) is 104 cm³/mol. The Morgan fingerprint density at radius 1 is 1.25 bits per heavy atom. The van der Waals surface area contributed by atoms with Gasteiger partial charge >= 0.3 is 5.91 Å². The van der Waals surface area contributed by atoms with E-state index in [0.29, 0.717) is 22.1 Å². The number of aromatic nitrogens is 1. The van der Waals surface area contributed by atoms with Crippen LogP contribution in [0.25, 0.3) is 0 Å². The Kier molecular flexibility index (Phi) is 4.87. The number of hydrogen-bond donors (Lipinski definition) is 0. The molecular weight excluding hydrogens is 381 g/mol. The number of benzene rings is 1. The number of nitrogens with zero attached hydrogens (tertiary/aromatic N) is 3. The highest BCUT2D eigenvalue weighted by Crippen LogP contribution is 2.44. The molecule has 2 aromatic heterocycles. The van der Waals surface area contributed by atoms with Crippen molar-refractivity contribution in [1.82, 2.24) is 9.99 Å². The Hall–Kier alpha value is -3.13. The summed E-state index contributed by atoms with van der Waals surface area (Å²) in [5.74, 6) is -0.0814. The first-order valence-electron chi connectivity index (χ1n) is 8.46. The van der Waals surface area contributed by atoms with Crippen LogP contribution in [0.5, 0.6) is 5.88 Å². The van der Waals surface area contributed by atoms with Crippen molar-refractivity contribution in [2.45, 2.75) is 12.3 Å². The van der Waals surface area contributed by atoms with E-state index in [1.165, 1.54) is 42.3 Å². The van der Waals surface area contributed by atoms with Crippen molar-refractivity contribution >= 4 is 22.7 Å². The number of hydrazone groups is 1. The fourth-order valence-electron chi connectivity index (χ4n) is 2.85. The molecule has 6 nitrogen and oxygen atoms in total. The number of carbonyl (C=O) groups excluding carboxylic acids is 1. The average molecular weight is 397 g/mol. The number of thioether (sulfide) groups is 1. The zero-order chi connectivity index (χ0) is 19.7. The van der Waals surface area contributed by atoms with Gasteiger partial charge in [0, 0.05) is 22.9 Å². The van der Waals surface area contributed by atoms with Crippen molar-refractivity contribution in [3.63, 3.8) is 0 Å². The summed E-state index contributed by atoms with van der Waals surface area (Å²) in [6.07, 6.45) is 3.09. The van der Waals surface area contributed by atoms with Crippen LogP contribution in [0.4, 0.5) is 4.39 Å². The maximum Gasteiger partial charge on any atom is 0.311 e. The lowest BCUT2D eigenvalue weighted by Crippen LogP contribution is -2.26. The van der Waals surface area contributed by atoms with Crippen LogP contribution in [0, 0.1) is 12.7 Å². The minimum absolute atomic E-state index is 0.220. The fraction of sp³-hybridized carbons (Fsp3) is 0.150. The molecule has 1 aliphatic rings. The first-order valence-corrected chi connectivity index (χ1v) is 9.34. The van der Waals surface area contributed by atoms with Crippen molar-refractivity contribution in [2.24, 2.45) is 5.10 Å². The highest BCUT2D eigenvalue weighted by atomic mass is 32.2. The van der Waals surface area contributed by atoms with Gasteiger partial charge in [-0.15, -0.1) is 0 Å². The fourth-order valence-corrected chi connectivity index (χ4v) is 4.02. The number of pyridine rings is 1. The summed E-state index contributed by atoms with van der Waals surface area (Å²) in [5, 5.41) is 5.96. The van der Waals surface area contributed by atoms with Crippen LogP contribution in [-0.2, 0) is 0 Å². The monoisotopic (exact) mass is 397 g/mol. The molecule has 0 radical (unpaired) electrons. The number of carbonyl (C=O) groups is 1. The van der Waals surface area contributed by atoms with E-state index in [4.69, 9.17) is 9.15 Å². The summed E-state index contributed by atoms with van der Waals surface area (Å²) in [7, 11) is 1.52. The summed E-state index contributed by atoms with van der Waals surface area (Å²) >= 11 is 1.36. The van der Waals surface area contributed by atoms with Gasteiger partial charge in [-0.3, -0.25) is 4.79 Å². The summed E-state index contributed by atoms with van der Waals surface area (Å²) < 4.78 is 24.0. The molecule has 0 saturated carbocycles. The number of rotatable bonds is 4. The van der Waals surface area contributed by atoms with Crippen LogP contribution >= 0.6 is 11.8 Å². The lowest BCUT2D eigenvalue weighted by molar-refractivity contribution is 0.0714. The van der Waals surface area contributed by atoms with Gasteiger partial charge in [-0.25, -0.2) is 14.4 Å². The Morgan fingerprint density at radius 2 is 2.04 bits per heavy atom. The third kappa shape index (κ3) is 3.27. The summed E-state index contributed by atoms with van der Waals surface area (Å²) in [5.41, 5.74) is 2.14. The maximum atomic E-state index is 13.3. The van der Waals surface area contributed by atoms with E-state index in [-0.39, 0.29) is 17.5 Å². The number of methoxy groups -OCH3 is 1. The van der Waals surface area contributed by atoms with Crippen molar-refractivity contribution in [3.05, 3.63) is 83.2 Å². The topological polar surface area (TPSA) is 67.9 Å².